The highest BCUT2D eigenvalue weighted by Crippen LogP contribution is 2.31. The zero-order valence-electron chi connectivity index (χ0n) is 17.4. The highest BCUT2D eigenvalue weighted by Gasteiger charge is 2.23. The van der Waals surface area contributed by atoms with Crippen LogP contribution in [0, 0.1) is 0 Å². The summed E-state index contributed by atoms with van der Waals surface area (Å²) >= 11 is 1.79. The number of fused-ring (bicyclic) bond motifs is 1. The van der Waals surface area contributed by atoms with E-state index in [2.05, 4.69) is 49.8 Å². The van der Waals surface area contributed by atoms with Crippen LogP contribution in [0.5, 0.6) is 0 Å². The van der Waals surface area contributed by atoms with Gasteiger partial charge in [-0.15, -0.1) is 10.2 Å². The maximum absolute atomic E-state index is 5.94. The van der Waals surface area contributed by atoms with Gasteiger partial charge in [-0.3, -0.25) is 9.47 Å². The number of morpholine rings is 1. The number of para-hydroxylation sites is 1. The number of thioether (sulfide) groups is 1. The Morgan fingerprint density at radius 3 is 3.00 bits per heavy atom. The number of rotatable bonds is 7. The number of nitrogens with zero attached hydrogens (tertiary/aromatic N) is 4. The molecule has 2 aliphatic rings. The zero-order chi connectivity index (χ0) is 20.3. The number of nitrogens with one attached hydrogen (secondary N) is 1. The van der Waals surface area contributed by atoms with Crippen LogP contribution in [-0.4, -0.2) is 75.5 Å². The van der Waals surface area contributed by atoms with Crippen molar-refractivity contribution in [3.63, 3.8) is 0 Å². The molecule has 0 bridgehead atoms. The molecule has 5 rings (SSSR count). The van der Waals surface area contributed by atoms with E-state index in [1.807, 2.05) is 12.3 Å². The second-order valence-corrected chi connectivity index (χ2v) is 9.19. The van der Waals surface area contributed by atoms with Crippen LogP contribution in [0.4, 0.5) is 0 Å². The molecule has 4 heterocycles. The fourth-order valence-electron chi connectivity index (χ4n) is 4.37. The van der Waals surface area contributed by atoms with E-state index in [4.69, 9.17) is 9.47 Å². The molecule has 2 fully saturated rings. The van der Waals surface area contributed by atoms with E-state index in [0.717, 1.165) is 80.0 Å². The number of hydrogen-bond donors (Lipinski definition) is 1. The Labute approximate surface area is 181 Å². The number of aromatic amines is 1. The highest BCUT2D eigenvalue weighted by molar-refractivity contribution is 7.99. The van der Waals surface area contributed by atoms with E-state index in [0.29, 0.717) is 6.10 Å². The summed E-state index contributed by atoms with van der Waals surface area (Å²) in [6.45, 7) is 7.67. The summed E-state index contributed by atoms with van der Waals surface area (Å²) in [6, 6.07) is 8.35. The van der Waals surface area contributed by atoms with Crippen LogP contribution >= 0.6 is 11.8 Å². The van der Waals surface area contributed by atoms with E-state index in [1.165, 1.54) is 5.39 Å². The molecule has 0 aliphatic carbocycles. The van der Waals surface area contributed by atoms with Crippen LogP contribution in [-0.2, 0) is 16.0 Å². The minimum Gasteiger partial charge on any atom is -0.376 e. The molecule has 1 N–H and O–H groups in total. The predicted molar refractivity (Wildman–Crippen MR) is 119 cm³/mol. The molecule has 30 heavy (non-hydrogen) atoms. The molecule has 2 aliphatic heterocycles. The fourth-order valence-corrected chi connectivity index (χ4v) is 5.31. The molecule has 0 amide bonds. The van der Waals surface area contributed by atoms with Crippen LogP contribution in [0.25, 0.3) is 22.3 Å². The number of ether oxygens (including phenoxy) is 2. The lowest BCUT2D eigenvalue weighted by atomic mass is 10.1. The summed E-state index contributed by atoms with van der Waals surface area (Å²) in [7, 11) is 0. The predicted octanol–water partition coefficient (Wildman–Crippen LogP) is 3.42. The van der Waals surface area contributed by atoms with Crippen molar-refractivity contribution < 1.29 is 9.47 Å². The van der Waals surface area contributed by atoms with E-state index in [1.54, 1.807) is 11.8 Å². The third-order valence-corrected chi connectivity index (χ3v) is 6.87. The standard InChI is InChI=1S/C22H29N5O2S/c1-16-14-26(8-11-28-16)9-12-30-22-25-24-21(27(22)15-17-5-4-10-29-17)19-13-23-20-7-3-2-6-18(19)20/h2-3,6-7,13,16-17,23H,4-5,8-12,14-15H2,1H3. The van der Waals surface area contributed by atoms with Gasteiger partial charge in [-0.05, 0) is 25.8 Å². The summed E-state index contributed by atoms with van der Waals surface area (Å²) < 4.78 is 13.9. The van der Waals surface area contributed by atoms with Gasteiger partial charge in [-0.1, -0.05) is 30.0 Å². The van der Waals surface area contributed by atoms with Crippen LogP contribution in [0.3, 0.4) is 0 Å². The summed E-state index contributed by atoms with van der Waals surface area (Å²) in [5.41, 5.74) is 2.22. The lowest BCUT2D eigenvalue weighted by molar-refractivity contribution is -0.0158. The van der Waals surface area contributed by atoms with Crippen molar-refractivity contribution >= 4 is 22.7 Å². The molecule has 0 saturated carbocycles. The number of H-pyrrole nitrogens is 1. The number of hydrogen-bond acceptors (Lipinski definition) is 6. The van der Waals surface area contributed by atoms with Crippen LogP contribution < -0.4 is 0 Å². The SMILES string of the molecule is CC1CN(CCSc2nnc(-c3c[nH]c4ccccc34)n2CC2CCCO2)CCO1. The van der Waals surface area contributed by atoms with Crippen molar-refractivity contribution in [1.29, 1.82) is 0 Å². The van der Waals surface area contributed by atoms with Crippen molar-refractivity contribution in [2.24, 2.45) is 0 Å². The molecule has 1 aromatic carbocycles. The van der Waals surface area contributed by atoms with Gasteiger partial charge in [0, 0.05) is 54.7 Å². The number of benzene rings is 1. The van der Waals surface area contributed by atoms with Gasteiger partial charge < -0.3 is 14.5 Å². The van der Waals surface area contributed by atoms with E-state index >= 15 is 0 Å². The molecule has 2 atom stereocenters. The van der Waals surface area contributed by atoms with Gasteiger partial charge in [0.05, 0.1) is 25.4 Å². The van der Waals surface area contributed by atoms with Crippen LogP contribution in [0.1, 0.15) is 19.8 Å². The van der Waals surface area contributed by atoms with Crippen LogP contribution in [0.15, 0.2) is 35.6 Å². The molecule has 3 aromatic rings. The second-order valence-electron chi connectivity index (χ2n) is 8.13. The van der Waals surface area contributed by atoms with Gasteiger partial charge in [0.15, 0.2) is 11.0 Å². The second kappa shape index (κ2) is 9.09. The molecule has 7 nitrogen and oxygen atoms in total. The Balaban J connectivity index is 1.37. The molecule has 0 radical (unpaired) electrons. The minimum atomic E-state index is 0.240. The third-order valence-electron chi connectivity index (χ3n) is 5.92. The Bertz CT molecular complexity index is 981. The smallest absolute Gasteiger partial charge is 0.191 e. The number of aromatic nitrogens is 4. The third kappa shape index (κ3) is 4.27. The van der Waals surface area contributed by atoms with Crippen LogP contribution in [0.2, 0.25) is 0 Å². The molecular weight excluding hydrogens is 398 g/mol. The van der Waals surface area contributed by atoms with E-state index in [9.17, 15) is 0 Å². The molecule has 8 heteroatoms. The van der Waals surface area contributed by atoms with Gasteiger partial charge in [0.2, 0.25) is 0 Å². The molecule has 2 aromatic heterocycles. The first-order valence-electron chi connectivity index (χ1n) is 10.9. The van der Waals surface area contributed by atoms with Gasteiger partial charge in [0.25, 0.3) is 0 Å². The van der Waals surface area contributed by atoms with Crippen molar-refractivity contribution in [1.82, 2.24) is 24.6 Å². The summed E-state index contributed by atoms with van der Waals surface area (Å²) in [6.07, 6.45) is 4.84. The van der Waals surface area contributed by atoms with Crippen molar-refractivity contribution in [3.8, 4) is 11.4 Å². The molecule has 0 spiro atoms. The molecule has 2 saturated heterocycles. The molecule has 2 unspecified atom stereocenters. The van der Waals surface area contributed by atoms with E-state index in [-0.39, 0.29) is 6.10 Å². The monoisotopic (exact) mass is 427 g/mol. The largest absolute Gasteiger partial charge is 0.376 e. The van der Waals surface area contributed by atoms with Gasteiger partial charge in [-0.25, -0.2) is 0 Å². The van der Waals surface area contributed by atoms with E-state index < -0.39 is 0 Å². The maximum atomic E-state index is 5.94. The first kappa shape index (κ1) is 20.1. The van der Waals surface area contributed by atoms with Gasteiger partial charge >= 0.3 is 0 Å². The Hall–Kier alpha value is -1.87. The zero-order valence-corrected chi connectivity index (χ0v) is 18.2. The average Bonchev–Trinajstić information content (AvgIpc) is 3.49. The van der Waals surface area contributed by atoms with Gasteiger partial charge in [-0.2, -0.15) is 0 Å². The topological polar surface area (TPSA) is 68.2 Å². The lowest BCUT2D eigenvalue weighted by Crippen LogP contribution is -2.42. The van der Waals surface area contributed by atoms with Crippen molar-refractivity contribution in [3.05, 3.63) is 30.5 Å². The van der Waals surface area contributed by atoms with Crippen molar-refractivity contribution in [2.75, 3.05) is 38.6 Å². The normalized spacial score (nSPS) is 22.8. The minimum absolute atomic E-state index is 0.240. The summed E-state index contributed by atoms with van der Waals surface area (Å²) in [4.78, 5) is 5.84. The Morgan fingerprint density at radius 2 is 2.13 bits per heavy atom. The Morgan fingerprint density at radius 1 is 1.20 bits per heavy atom. The first-order chi connectivity index (χ1) is 14.8. The van der Waals surface area contributed by atoms with Crippen molar-refractivity contribution in [2.45, 2.75) is 43.7 Å². The quantitative estimate of drug-likeness (QED) is 0.583. The summed E-state index contributed by atoms with van der Waals surface area (Å²) in [5.74, 6) is 1.91. The average molecular weight is 428 g/mol. The first-order valence-corrected chi connectivity index (χ1v) is 11.8. The Kier molecular flexibility index (Phi) is 6.08. The highest BCUT2D eigenvalue weighted by atomic mass is 32.2. The summed E-state index contributed by atoms with van der Waals surface area (Å²) in [5, 5.41) is 11.3. The maximum Gasteiger partial charge on any atom is 0.191 e. The molecular formula is C22H29N5O2S. The van der Waals surface area contributed by atoms with Gasteiger partial charge in [0.1, 0.15) is 0 Å². The molecule has 160 valence electrons. The fraction of sp³-hybridized carbons (Fsp3) is 0.545. The lowest BCUT2D eigenvalue weighted by Gasteiger charge is -2.30.